The van der Waals surface area contributed by atoms with E-state index in [4.69, 9.17) is 10.00 Å². The summed E-state index contributed by atoms with van der Waals surface area (Å²) >= 11 is 0. The maximum atomic E-state index is 11.6. The van der Waals surface area contributed by atoms with Crippen LogP contribution in [0.25, 0.3) is 0 Å². The number of carbonyl (C=O) groups is 1. The van der Waals surface area contributed by atoms with Crippen LogP contribution in [0.4, 0.5) is 0 Å². The van der Waals surface area contributed by atoms with Crippen molar-refractivity contribution in [3.8, 4) is 6.07 Å². The zero-order valence-corrected chi connectivity index (χ0v) is 6.86. The first-order valence-electron chi connectivity index (χ1n) is 3.93. The Balaban J connectivity index is 2.30. The number of nitrogens with zero attached hydrogens (tertiary/aromatic N) is 1. The Morgan fingerprint density at radius 1 is 1.46 bits per heavy atom. The minimum absolute atomic E-state index is 0.219. The van der Waals surface area contributed by atoms with Gasteiger partial charge in [-0.25, -0.2) is 0 Å². The van der Waals surface area contributed by atoms with Gasteiger partial charge >= 0.3 is 0 Å². The van der Waals surface area contributed by atoms with Crippen molar-refractivity contribution >= 4 is 5.78 Å². The molecular weight excluding hydrogens is 166 g/mol. The SMILES string of the molecule is N#CC1(C(=O)c2ccccc2)CO1. The average molecular weight is 173 g/mol. The summed E-state index contributed by atoms with van der Waals surface area (Å²) in [6, 6.07) is 10.6. The summed E-state index contributed by atoms with van der Waals surface area (Å²) in [6.07, 6.45) is 0. The molecule has 64 valence electrons. The maximum Gasteiger partial charge on any atom is 0.240 e. The van der Waals surface area contributed by atoms with Crippen molar-refractivity contribution in [2.24, 2.45) is 0 Å². The fourth-order valence-corrected chi connectivity index (χ4v) is 1.14. The second-order valence-electron chi connectivity index (χ2n) is 2.92. The van der Waals surface area contributed by atoms with Crippen LogP contribution in [-0.2, 0) is 4.74 Å². The lowest BCUT2D eigenvalue weighted by molar-refractivity contribution is 0.0914. The monoisotopic (exact) mass is 173 g/mol. The molecule has 0 spiro atoms. The molecule has 1 aliphatic heterocycles. The summed E-state index contributed by atoms with van der Waals surface area (Å²) in [6.45, 7) is 0.219. The standard InChI is InChI=1S/C10H7NO2/c11-6-10(7-13-10)9(12)8-4-2-1-3-5-8/h1-5H,7H2. The highest BCUT2D eigenvalue weighted by molar-refractivity contribution is 6.06. The first-order valence-corrected chi connectivity index (χ1v) is 3.93. The Kier molecular flexibility index (Phi) is 1.64. The van der Waals surface area contributed by atoms with Crippen molar-refractivity contribution in [1.29, 1.82) is 5.26 Å². The van der Waals surface area contributed by atoms with E-state index >= 15 is 0 Å². The highest BCUT2D eigenvalue weighted by atomic mass is 16.6. The van der Waals surface area contributed by atoms with Crippen LogP contribution < -0.4 is 0 Å². The molecule has 0 amide bonds. The third-order valence-electron chi connectivity index (χ3n) is 2.02. The molecule has 1 saturated heterocycles. The van der Waals surface area contributed by atoms with Gasteiger partial charge in [0.1, 0.15) is 6.07 Å². The Morgan fingerprint density at radius 2 is 2.08 bits per heavy atom. The van der Waals surface area contributed by atoms with Gasteiger partial charge in [-0.2, -0.15) is 5.26 Å². The summed E-state index contributed by atoms with van der Waals surface area (Å²) in [4.78, 5) is 11.6. The molecule has 1 heterocycles. The largest absolute Gasteiger partial charge is 0.347 e. The summed E-state index contributed by atoms with van der Waals surface area (Å²) in [5.41, 5.74) is -0.650. The van der Waals surface area contributed by atoms with Gasteiger partial charge in [-0.3, -0.25) is 4.79 Å². The van der Waals surface area contributed by atoms with E-state index < -0.39 is 5.60 Å². The Labute approximate surface area is 75.6 Å². The molecular formula is C10H7NO2. The lowest BCUT2D eigenvalue weighted by Crippen LogP contribution is -2.22. The van der Waals surface area contributed by atoms with E-state index in [-0.39, 0.29) is 12.4 Å². The van der Waals surface area contributed by atoms with Gasteiger partial charge in [0.25, 0.3) is 0 Å². The second-order valence-corrected chi connectivity index (χ2v) is 2.92. The fourth-order valence-electron chi connectivity index (χ4n) is 1.14. The normalized spacial score (nSPS) is 24.8. The Morgan fingerprint density at radius 3 is 2.54 bits per heavy atom. The Bertz CT molecular complexity index is 374. The maximum absolute atomic E-state index is 11.6. The zero-order valence-electron chi connectivity index (χ0n) is 6.86. The van der Waals surface area contributed by atoms with Crippen LogP contribution >= 0.6 is 0 Å². The molecule has 0 N–H and O–H groups in total. The van der Waals surface area contributed by atoms with E-state index in [1.807, 2.05) is 12.1 Å². The van der Waals surface area contributed by atoms with E-state index in [0.29, 0.717) is 5.56 Å². The van der Waals surface area contributed by atoms with E-state index in [9.17, 15) is 4.79 Å². The average Bonchev–Trinajstić information content (AvgIpc) is 2.99. The topological polar surface area (TPSA) is 53.4 Å². The fraction of sp³-hybridized carbons (Fsp3) is 0.200. The minimum Gasteiger partial charge on any atom is -0.347 e. The molecule has 0 bridgehead atoms. The van der Waals surface area contributed by atoms with Gasteiger partial charge in [-0.15, -0.1) is 0 Å². The van der Waals surface area contributed by atoms with Gasteiger partial charge in [-0.1, -0.05) is 30.3 Å². The summed E-state index contributed by atoms with van der Waals surface area (Å²) < 4.78 is 4.85. The van der Waals surface area contributed by atoms with Crippen LogP contribution in [0.2, 0.25) is 0 Å². The molecule has 1 unspecified atom stereocenters. The number of carbonyl (C=O) groups excluding carboxylic acids is 1. The number of epoxide rings is 1. The van der Waals surface area contributed by atoms with Gasteiger partial charge in [-0.05, 0) is 0 Å². The molecule has 2 rings (SSSR count). The molecule has 0 aliphatic carbocycles. The summed E-state index contributed by atoms with van der Waals surface area (Å²) in [5, 5.41) is 8.69. The molecule has 13 heavy (non-hydrogen) atoms. The molecule has 0 aromatic heterocycles. The van der Waals surface area contributed by atoms with Crippen LogP contribution in [0.15, 0.2) is 30.3 Å². The molecule has 3 nitrogen and oxygen atoms in total. The van der Waals surface area contributed by atoms with Crippen LogP contribution in [-0.4, -0.2) is 18.0 Å². The number of hydrogen-bond donors (Lipinski definition) is 0. The van der Waals surface area contributed by atoms with Crippen molar-refractivity contribution in [3.63, 3.8) is 0 Å². The smallest absolute Gasteiger partial charge is 0.240 e. The molecule has 1 atom stereocenters. The molecule has 0 saturated carbocycles. The van der Waals surface area contributed by atoms with Crippen LogP contribution in [0.1, 0.15) is 10.4 Å². The van der Waals surface area contributed by atoms with Gasteiger partial charge in [0, 0.05) is 5.56 Å². The second kappa shape index (κ2) is 2.68. The van der Waals surface area contributed by atoms with Crippen molar-refractivity contribution < 1.29 is 9.53 Å². The number of benzene rings is 1. The van der Waals surface area contributed by atoms with Gasteiger partial charge in [0.05, 0.1) is 6.61 Å². The number of Topliss-reactive ketones (excluding diaryl/α,β-unsaturated/α-hetero) is 1. The molecule has 1 aromatic carbocycles. The molecule has 3 heteroatoms. The predicted octanol–water partition coefficient (Wildman–Crippen LogP) is 1.16. The summed E-state index contributed by atoms with van der Waals surface area (Å²) in [5.74, 6) is -0.240. The number of ether oxygens (including phenoxy) is 1. The molecule has 1 aromatic rings. The van der Waals surface area contributed by atoms with E-state index in [1.54, 1.807) is 24.3 Å². The zero-order chi connectivity index (χ0) is 9.31. The van der Waals surface area contributed by atoms with Crippen molar-refractivity contribution in [2.45, 2.75) is 5.60 Å². The highest BCUT2D eigenvalue weighted by Crippen LogP contribution is 2.29. The van der Waals surface area contributed by atoms with Crippen LogP contribution in [0, 0.1) is 11.3 Å². The first-order chi connectivity index (χ1) is 6.28. The van der Waals surface area contributed by atoms with E-state index in [1.165, 1.54) is 0 Å². The first kappa shape index (κ1) is 7.96. The van der Waals surface area contributed by atoms with Gasteiger partial charge in [0.15, 0.2) is 0 Å². The molecule has 1 aliphatic rings. The quantitative estimate of drug-likeness (QED) is 0.498. The van der Waals surface area contributed by atoms with E-state index in [2.05, 4.69) is 0 Å². The van der Waals surface area contributed by atoms with Crippen molar-refractivity contribution in [2.75, 3.05) is 6.61 Å². The minimum atomic E-state index is -1.18. The molecule has 1 fully saturated rings. The van der Waals surface area contributed by atoms with Gasteiger partial charge < -0.3 is 4.74 Å². The van der Waals surface area contributed by atoms with Crippen LogP contribution in [0.3, 0.4) is 0 Å². The number of ketones is 1. The van der Waals surface area contributed by atoms with Crippen molar-refractivity contribution in [3.05, 3.63) is 35.9 Å². The van der Waals surface area contributed by atoms with Crippen LogP contribution in [0.5, 0.6) is 0 Å². The number of rotatable bonds is 2. The third kappa shape index (κ3) is 1.21. The number of hydrogen-bond acceptors (Lipinski definition) is 3. The van der Waals surface area contributed by atoms with Crippen molar-refractivity contribution in [1.82, 2.24) is 0 Å². The number of nitriles is 1. The lowest BCUT2D eigenvalue weighted by Gasteiger charge is -2.00. The third-order valence-corrected chi connectivity index (χ3v) is 2.02. The van der Waals surface area contributed by atoms with Gasteiger partial charge in [0.2, 0.25) is 11.4 Å². The Hall–Kier alpha value is -1.66. The lowest BCUT2D eigenvalue weighted by atomic mass is 10.00. The molecule has 0 radical (unpaired) electrons. The van der Waals surface area contributed by atoms with E-state index in [0.717, 1.165) is 0 Å². The predicted molar refractivity (Wildman–Crippen MR) is 45.1 cm³/mol. The summed E-state index contributed by atoms with van der Waals surface area (Å²) in [7, 11) is 0. The highest BCUT2D eigenvalue weighted by Gasteiger charge is 2.53.